The molecule has 0 radical (unpaired) electrons. The van der Waals surface area contributed by atoms with E-state index in [0.717, 1.165) is 17.7 Å². The lowest BCUT2D eigenvalue weighted by Crippen LogP contribution is -2.28. The quantitative estimate of drug-likeness (QED) is 0.797. The fraction of sp³-hybridized carbons (Fsp3) is 0.389. The van der Waals surface area contributed by atoms with E-state index in [0.29, 0.717) is 31.0 Å². The number of amides is 1. The number of nitrogens with one attached hydrogen (secondary N) is 1. The third-order valence-electron chi connectivity index (χ3n) is 3.81. The molecule has 5 heteroatoms. The number of aryl methyl sites for hydroxylation is 2. The first-order valence-electron chi connectivity index (χ1n) is 7.72. The lowest BCUT2D eigenvalue weighted by Gasteiger charge is -2.13. The maximum Gasteiger partial charge on any atom is 0.268 e. The van der Waals surface area contributed by atoms with E-state index in [1.165, 1.54) is 6.07 Å². The number of nitrogens with zero attached hydrogens (tertiary/aromatic N) is 1. The minimum absolute atomic E-state index is 0.136. The molecule has 0 aliphatic heterocycles. The summed E-state index contributed by atoms with van der Waals surface area (Å²) < 4.78 is 20.7. The van der Waals surface area contributed by atoms with E-state index in [-0.39, 0.29) is 11.7 Å². The fourth-order valence-corrected chi connectivity index (χ4v) is 2.65. The predicted octanol–water partition coefficient (Wildman–Crippen LogP) is 3.06. The molecule has 0 fully saturated rings. The summed E-state index contributed by atoms with van der Waals surface area (Å²) in [6.07, 6.45) is 0.758. The van der Waals surface area contributed by atoms with Gasteiger partial charge in [0, 0.05) is 31.5 Å². The molecule has 1 heterocycles. The molecule has 23 heavy (non-hydrogen) atoms. The average Bonchev–Trinajstić information content (AvgIpc) is 2.80. The van der Waals surface area contributed by atoms with Crippen molar-refractivity contribution in [1.29, 1.82) is 0 Å². The molecule has 0 bridgehead atoms. The van der Waals surface area contributed by atoms with Gasteiger partial charge in [0.15, 0.2) is 0 Å². The maximum atomic E-state index is 13.9. The van der Waals surface area contributed by atoms with Crippen LogP contribution in [-0.4, -0.2) is 30.7 Å². The summed E-state index contributed by atoms with van der Waals surface area (Å²) in [5.74, 6) is -0.396. The van der Waals surface area contributed by atoms with Crippen LogP contribution in [0.3, 0.4) is 0 Å². The number of halogens is 1. The molecule has 1 N–H and O–H groups in total. The van der Waals surface area contributed by atoms with Crippen molar-refractivity contribution in [2.45, 2.75) is 26.8 Å². The zero-order valence-corrected chi connectivity index (χ0v) is 13.9. The van der Waals surface area contributed by atoms with E-state index < -0.39 is 0 Å². The highest BCUT2D eigenvalue weighted by molar-refractivity contribution is 5.94. The molecule has 1 amide bonds. The van der Waals surface area contributed by atoms with Crippen molar-refractivity contribution < 1.29 is 13.9 Å². The fourth-order valence-electron chi connectivity index (χ4n) is 2.65. The Balaban J connectivity index is 2.20. The van der Waals surface area contributed by atoms with Crippen LogP contribution in [-0.2, 0) is 11.3 Å². The Kier molecular flexibility index (Phi) is 5.93. The van der Waals surface area contributed by atoms with Crippen molar-refractivity contribution in [3.8, 4) is 0 Å². The highest BCUT2D eigenvalue weighted by Crippen LogP contribution is 2.18. The highest BCUT2D eigenvalue weighted by Gasteiger charge is 2.18. The van der Waals surface area contributed by atoms with Gasteiger partial charge in [0.05, 0.1) is 6.54 Å². The van der Waals surface area contributed by atoms with Gasteiger partial charge in [0.25, 0.3) is 5.91 Å². The molecule has 1 aromatic carbocycles. The molecule has 0 aliphatic carbocycles. The summed E-state index contributed by atoms with van der Waals surface area (Å²) in [5, 5.41) is 2.90. The van der Waals surface area contributed by atoms with Crippen molar-refractivity contribution in [3.63, 3.8) is 0 Å². The van der Waals surface area contributed by atoms with Crippen LogP contribution in [0.2, 0.25) is 0 Å². The highest BCUT2D eigenvalue weighted by atomic mass is 19.1. The Hall–Kier alpha value is -2.14. The first-order valence-corrected chi connectivity index (χ1v) is 7.72. The number of hydrogen-bond acceptors (Lipinski definition) is 2. The first-order chi connectivity index (χ1) is 11.0. The van der Waals surface area contributed by atoms with Gasteiger partial charge in [-0.25, -0.2) is 4.39 Å². The summed E-state index contributed by atoms with van der Waals surface area (Å²) in [4.78, 5) is 12.5. The molecular weight excluding hydrogens is 295 g/mol. The Morgan fingerprint density at radius 3 is 2.74 bits per heavy atom. The number of benzene rings is 1. The summed E-state index contributed by atoms with van der Waals surface area (Å²) >= 11 is 0. The molecule has 0 saturated carbocycles. The minimum atomic E-state index is -0.260. The second-order valence-corrected chi connectivity index (χ2v) is 5.60. The summed E-state index contributed by atoms with van der Waals surface area (Å²) in [6, 6.07) is 8.59. The Labute approximate surface area is 136 Å². The molecule has 124 valence electrons. The van der Waals surface area contributed by atoms with Gasteiger partial charge < -0.3 is 14.6 Å². The monoisotopic (exact) mass is 318 g/mol. The van der Waals surface area contributed by atoms with Gasteiger partial charge in [-0.05, 0) is 38.0 Å². The molecule has 0 spiro atoms. The van der Waals surface area contributed by atoms with Gasteiger partial charge in [-0.15, -0.1) is 0 Å². The summed E-state index contributed by atoms with van der Waals surface area (Å²) in [6.45, 7) is 5.32. The van der Waals surface area contributed by atoms with Gasteiger partial charge >= 0.3 is 0 Å². The van der Waals surface area contributed by atoms with E-state index in [2.05, 4.69) is 5.32 Å². The topological polar surface area (TPSA) is 43.3 Å². The number of carbonyl (C=O) groups is 1. The Bertz CT molecular complexity index is 680. The third-order valence-corrected chi connectivity index (χ3v) is 3.81. The second kappa shape index (κ2) is 7.92. The van der Waals surface area contributed by atoms with Crippen LogP contribution in [0.15, 0.2) is 30.3 Å². The SMILES string of the molecule is COCCCNC(=O)c1c(C)cc(C)n1Cc1ccccc1F. The van der Waals surface area contributed by atoms with Crippen LogP contribution < -0.4 is 5.32 Å². The largest absolute Gasteiger partial charge is 0.385 e. The van der Waals surface area contributed by atoms with Gasteiger partial charge in [0.1, 0.15) is 11.5 Å². The number of hydrogen-bond donors (Lipinski definition) is 1. The molecule has 1 aromatic heterocycles. The van der Waals surface area contributed by atoms with Crippen molar-refractivity contribution >= 4 is 5.91 Å². The van der Waals surface area contributed by atoms with Gasteiger partial charge in [-0.2, -0.15) is 0 Å². The number of rotatable bonds is 7. The van der Waals surface area contributed by atoms with E-state index in [9.17, 15) is 9.18 Å². The Morgan fingerprint density at radius 2 is 2.04 bits per heavy atom. The van der Waals surface area contributed by atoms with Gasteiger partial charge in [-0.1, -0.05) is 18.2 Å². The normalized spacial score (nSPS) is 10.8. The molecule has 0 atom stereocenters. The van der Waals surface area contributed by atoms with Gasteiger partial charge in [0.2, 0.25) is 0 Å². The maximum absolute atomic E-state index is 13.9. The lowest BCUT2D eigenvalue weighted by molar-refractivity contribution is 0.0939. The van der Waals surface area contributed by atoms with Crippen molar-refractivity contribution in [2.24, 2.45) is 0 Å². The van der Waals surface area contributed by atoms with E-state index in [4.69, 9.17) is 4.74 Å². The molecule has 0 aliphatic rings. The summed E-state index contributed by atoms with van der Waals surface area (Å²) in [5.41, 5.74) is 2.98. The first kappa shape index (κ1) is 17.2. The lowest BCUT2D eigenvalue weighted by atomic mass is 10.2. The van der Waals surface area contributed by atoms with E-state index >= 15 is 0 Å². The standard InChI is InChI=1S/C18H23FN2O2/c1-13-11-14(2)21(12-15-7-4-5-8-16(15)19)17(13)18(22)20-9-6-10-23-3/h4-5,7-8,11H,6,9-10,12H2,1-3H3,(H,20,22). The minimum Gasteiger partial charge on any atom is -0.385 e. The molecule has 0 unspecified atom stereocenters. The van der Waals surface area contributed by atoms with E-state index in [1.807, 2.05) is 24.5 Å². The molecule has 2 aromatic rings. The second-order valence-electron chi connectivity index (χ2n) is 5.60. The smallest absolute Gasteiger partial charge is 0.268 e. The van der Waals surface area contributed by atoms with Crippen LogP contribution in [0.1, 0.15) is 33.7 Å². The summed E-state index contributed by atoms with van der Waals surface area (Å²) in [7, 11) is 1.63. The molecule has 4 nitrogen and oxygen atoms in total. The molecular formula is C18H23FN2O2. The zero-order chi connectivity index (χ0) is 16.8. The van der Waals surface area contributed by atoms with Crippen LogP contribution in [0.5, 0.6) is 0 Å². The number of aromatic nitrogens is 1. The average molecular weight is 318 g/mol. The van der Waals surface area contributed by atoms with Crippen LogP contribution in [0.4, 0.5) is 4.39 Å². The van der Waals surface area contributed by atoms with Crippen LogP contribution in [0.25, 0.3) is 0 Å². The number of ether oxygens (including phenoxy) is 1. The predicted molar refractivity (Wildman–Crippen MR) is 88.2 cm³/mol. The zero-order valence-electron chi connectivity index (χ0n) is 13.9. The number of carbonyl (C=O) groups excluding carboxylic acids is 1. The van der Waals surface area contributed by atoms with Crippen molar-refractivity contribution in [3.05, 3.63) is 58.7 Å². The Morgan fingerprint density at radius 1 is 1.30 bits per heavy atom. The van der Waals surface area contributed by atoms with Crippen molar-refractivity contribution in [2.75, 3.05) is 20.3 Å². The van der Waals surface area contributed by atoms with Crippen molar-refractivity contribution in [1.82, 2.24) is 9.88 Å². The third kappa shape index (κ3) is 4.20. The van der Waals surface area contributed by atoms with Crippen LogP contribution in [0, 0.1) is 19.7 Å². The molecule has 0 saturated heterocycles. The molecule has 2 rings (SSSR count). The van der Waals surface area contributed by atoms with Crippen LogP contribution >= 0.6 is 0 Å². The van der Waals surface area contributed by atoms with Gasteiger partial charge in [-0.3, -0.25) is 4.79 Å². The number of methoxy groups -OCH3 is 1. The van der Waals surface area contributed by atoms with E-state index in [1.54, 1.807) is 25.3 Å².